The van der Waals surface area contributed by atoms with Crippen LogP contribution in [0.15, 0.2) is 46.1 Å². The van der Waals surface area contributed by atoms with Gasteiger partial charge in [-0.3, -0.25) is 13.9 Å². The second kappa shape index (κ2) is 4.37. The topological polar surface area (TPSA) is 44.0 Å². The van der Waals surface area contributed by atoms with Gasteiger partial charge in [-0.25, -0.2) is 9.18 Å². The second-order valence-corrected chi connectivity index (χ2v) is 3.75. The van der Waals surface area contributed by atoms with Crippen molar-refractivity contribution in [3.63, 3.8) is 0 Å². The van der Waals surface area contributed by atoms with E-state index in [1.165, 1.54) is 36.0 Å². The van der Waals surface area contributed by atoms with E-state index in [1.807, 2.05) is 0 Å². The monoisotopic (exact) mass is 234 g/mol. The SMILES string of the molecule is Cn1c(=O)ccn(Cc2ccc(F)cc2)c1=O. The Bertz CT molecular complexity index is 641. The lowest BCUT2D eigenvalue weighted by molar-refractivity contribution is 0.622. The highest BCUT2D eigenvalue weighted by Gasteiger charge is 2.02. The summed E-state index contributed by atoms with van der Waals surface area (Å²) in [5.41, 5.74) is 0.0688. The van der Waals surface area contributed by atoms with Crippen LogP contribution in [0.4, 0.5) is 4.39 Å². The molecule has 0 spiro atoms. The van der Waals surface area contributed by atoms with E-state index in [1.54, 1.807) is 12.1 Å². The summed E-state index contributed by atoms with van der Waals surface area (Å²) in [5.74, 6) is -0.318. The average molecular weight is 234 g/mol. The molecule has 5 heteroatoms. The highest BCUT2D eigenvalue weighted by Crippen LogP contribution is 2.03. The van der Waals surface area contributed by atoms with Crippen molar-refractivity contribution in [1.82, 2.24) is 9.13 Å². The Labute approximate surface area is 96.6 Å². The van der Waals surface area contributed by atoms with E-state index in [0.29, 0.717) is 6.54 Å². The Kier molecular flexibility index (Phi) is 2.91. The smallest absolute Gasteiger partial charge is 0.296 e. The maximum Gasteiger partial charge on any atom is 0.331 e. The van der Waals surface area contributed by atoms with Gasteiger partial charge in [0.25, 0.3) is 5.56 Å². The second-order valence-electron chi connectivity index (χ2n) is 3.75. The van der Waals surface area contributed by atoms with Gasteiger partial charge in [0.2, 0.25) is 0 Å². The van der Waals surface area contributed by atoms with Crippen molar-refractivity contribution in [2.45, 2.75) is 6.54 Å². The molecule has 0 atom stereocenters. The van der Waals surface area contributed by atoms with E-state index >= 15 is 0 Å². The fourth-order valence-corrected chi connectivity index (χ4v) is 1.52. The Morgan fingerprint density at radius 2 is 1.76 bits per heavy atom. The molecule has 2 rings (SSSR count). The van der Waals surface area contributed by atoms with Gasteiger partial charge in [-0.1, -0.05) is 12.1 Å². The van der Waals surface area contributed by atoms with Gasteiger partial charge in [-0.15, -0.1) is 0 Å². The lowest BCUT2D eigenvalue weighted by Crippen LogP contribution is -2.37. The standard InChI is InChI=1S/C12H11FN2O2/c1-14-11(16)6-7-15(12(14)17)8-9-2-4-10(13)5-3-9/h2-7H,8H2,1H3. The molecule has 17 heavy (non-hydrogen) atoms. The Hall–Kier alpha value is -2.17. The third kappa shape index (κ3) is 2.33. The van der Waals surface area contributed by atoms with Crippen molar-refractivity contribution in [2.75, 3.05) is 0 Å². The first-order valence-electron chi connectivity index (χ1n) is 5.09. The number of benzene rings is 1. The van der Waals surface area contributed by atoms with Crippen LogP contribution in [0.1, 0.15) is 5.56 Å². The van der Waals surface area contributed by atoms with Crippen LogP contribution in [-0.2, 0) is 13.6 Å². The third-order valence-electron chi connectivity index (χ3n) is 2.53. The van der Waals surface area contributed by atoms with Crippen LogP contribution in [0.2, 0.25) is 0 Å². The van der Waals surface area contributed by atoms with Gasteiger partial charge in [-0.2, -0.15) is 0 Å². The highest BCUT2D eigenvalue weighted by atomic mass is 19.1. The van der Waals surface area contributed by atoms with Crippen LogP contribution >= 0.6 is 0 Å². The molecule has 4 nitrogen and oxygen atoms in total. The maximum absolute atomic E-state index is 12.7. The molecule has 0 fully saturated rings. The van der Waals surface area contributed by atoms with Crippen LogP contribution in [0.3, 0.4) is 0 Å². The van der Waals surface area contributed by atoms with Crippen LogP contribution in [0, 0.1) is 5.82 Å². The van der Waals surface area contributed by atoms with Crippen molar-refractivity contribution in [3.8, 4) is 0 Å². The Balaban J connectivity index is 2.37. The number of nitrogens with zero attached hydrogens (tertiary/aromatic N) is 2. The summed E-state index contributed by atoms with van der Waals surface area (Å²) in [6.07, 6.45) is 1.44. The van der Waals surface area contributed by atoms with E-state index in [-0.39, 0.29) is 17.1 Å². The minimum Gasteiger partial charge on any atom is -0.296 e. The summed E-state index contributed by atoms with van der Waals surface area (Å²) in [6.45, 7) is 0.313. The number of hydrogen-bond acceptors (Lipinski definition) is 2. The molecule has 1 heterocycles. The van der Waals surface area contributed by atoms with Gasteiger partial charge in [-0.05, 0) is 17.7 Å². The minimum atomic E-state index is -0.387. The first kappa shape index (κ1) is 11.3. The molecule has 0 unspecified atom stereocenters. The third-order valence-corrected chi connectivity index (χ3v) is 2.53. The van der Waals surface area contributed by atoms with Crippen molar-refractivity contribution in [1.29, 1.82) is 0 Å². The molecule has 0 aliphatic heterocycles. The van der Waals surface area contributed by atoms with Gasteiger partial charge < -0.3 is 0 Å². The maximum atomic E-state index is 12.7. The lowest BCUT2D eigenvalue weighted by Gasteiger charge is -2.06. The summed E-state index contributed by atoms with van der Waals surface area (Å²) in [6, 6.07) is 7.20. The number of rotatable bonds is 2. The molecule has 2 aromatic rings. The van der Waals surface area contributed by atoms with Gasteiger partial charge in [0, 0.05) is 19.3 Å². The quantitative estimate of drug-likeness (QED) is 0.769. The van der Waals surface area contributed by atoms with Crippen molar-refractivity contribution in [2.24, 2.45) is 7.05 Å². The normalized spacial score (nSPS) is 10.5. The summed E-state index contributed by atoms with van der Waals surface area (Å²) in [5, 5.41) is 0. The predicted octanol–water partition coefficient (Wildman–Crippen LogP) is 0.734. The van der Waals surface area contributed by atoms with Crippen molar-refractivity contribution in [3.05, 3.63) is 68.7 Å². The van der Waals surface area contributed by atoms with E-state index in [0.717, 1.165) is 10.1 Å². The van der Waals surface area contributed by atoms with Gasteiger partial charge in [0.05, 0.1) is 6.54 Å². The first-order valence-corrected chi connectivity index (χ1v) is 5.09. The molecule has 0 aliphatic rings. The van der Waals surface area contributed by atoms with E-state index in [4.69, 9.17) is 0 Å². The molecule has 88 valence electrons. The molecule has 0 amide bonds. The molecule has 0 radical (unpaired) electrons. The molecule has 0 saturated carbocycles. The average Bonchev–Trinajstić information content (AvgIpc) is 2.33. The summed E-state index contributed by atoms with van der Waals surface area (Å²) >= 11 is 0. The molecule has 1 aromatic heterocycles. The van der Waals surface area contributed by atoms with Crippen LogP contribution in [0.5, 0.6) is 0 Å². The highest BCUT2D eigenvalue weighted by molar-refractivity contribution is 5.16. The summed E-state index contributed by atoms with van der Waals surface area (Å²) in [4.78, 5) is 22.9. The minimum absolute atomic E-state index is 0.313. The Morgan fingerprint density at radius 3 is 2.41 bits per heavy atom. The van der Waals surface area contributed by atoms with Gasteiger partial charge in [0.15, 0.2) is 0 Å². The van der Waals surface area contributed by atoms with Crippen molar-refractivity contribution < 1.29 is 4.39 Å². The first-order chi connectivity index (χ1) is 8.08. The fraction of sp³-hybridized carbons (Fsp3) is 0.167. The van der Waals surface area contributed by atoms with Crippen molar-refractivity contribution >= 4 is 0 Å². The fourth-order valence-electron chi connectivity index (χ4n) is 1.52. The molecule has 0 bridgehead atoms. The summed E-state index contributed by atoms with van der Waals surface area (Å²) < 4.78 is 15.1. The number of aromatic nitrogens is 2. The van der Waals surface area contributed by atoms with E-state index in [9.17, 15) is 14.0 Å². The summed E-state index contributed by atoms with van der Waals surface area (Å²) in [7, 11) is 1.42. The van der Waals surface area contributed by atoms with Crippen LogP contribution < -0.4 is 11.2 Å². The molecule has 0 saturated heterocycles. The Morgan fingerprint density at radius 1 is 1.12 bits per heavy atom. The molecule has 0 N–H and O–H groups in total. The predicted molar refractivity (Wildman–Crippen MR) is 61.4 cm³/mol. The van der Waals surface area contributed by atoms with Crippen LogP contribution in [-0.4, -0.2) is 9.13 Å². The van der Waals surface area contributed by atoms with E-state index in [2.05, 4.69) is 0 Å². The zero-order valence-electron chi connectivity index (χ0n) is 9.26. The van der Waals surface area contributed by atoms with Gasteiger partial charge >= 0.3 is 5.69 Å². The van der Waals surface area contributed by atoms with Crippen LogP contribution in [0.25, 0.3) is 0 Å². The lowest BCUT2D eigenvalue weighted by atomic mass is 10.2. The molecule has 0 aliphatic carbocycles. The zero-order chi connectivity index (χ0) is 12.4. The number of hydrogen-bond donors (Lipinski definition) is 0. The molecule has 1 aromatic carbocycles. The van der Waals surface area contributed by atoms with E-state index < -0.39 is 0 Å². The largest absolute Gasteiger partial charge is 0.331 e. The molecular formula is C12H11FN2O2. The molecular weight excluding hydrogens is 223 g/mol. The number of halogens is 1. The zero-order valence-corrected chi connectivity index (χ0v) is 9.26. The van der Waals surface area contributed by atoms with Gasteiger partial charge in [0.1, 0.15) is 5.82 Å².